The molecule has 178 valence electrons. The Hall–Kier alpha value is -2.24. The van der Waals surface area contributed by atoms with Crippen molar-refractivity contribution >= 4 is 23.6 Å². The molecule has 0 spiro atoms. The van der Waals surface area contributed by atoms with Crippen LogP contribution in [0.15, 0.2) is 0 Å². The fourth-order valence-corrected chi connectivity index (χ4v) is 3.76. The van der Waals surface area contributed by atoms with E-state index in [-0.39, 0.29) is 18.9 Å². The summed E-state index contributed by atoms with van der Waals surface area (Å²) in [6, 6.07) is -4.11. The van der Waals surface area contributed by atoms with E-state index in [4.69, 9.17) is 11.5 Å². The fraction of sp³-hybridized carbons (Fsp3) is 0.800. The number of rotatable bonds is 11. The molecule has 0 saturated carbocycles. The van der Waals surface area contributed by atoms with Crippen LogP contribution in [0, 0.1) is 0 Å². The van der Waals surface area contributed by atoms with Crippen LogP contribution in [0.3, 0.4) is 0 Å². The maximum absolute atomic E-state index is 13.4. The molecular formula is C20H37N5O6. The Bertz CT molecular complexity index is 656. The van der Waals surface area contributed by atoms with Gasteiger partial charge in [-0.25, -0.2) is 0 Å². The number of hydrogen-bond acceptors (Lipinski definition) is 7. The number of carbonyl (C=O) groups excluding carboxylic acids is 4. The Morgan fingerprint density at radius 2 is 1.77 bits per heavy atom. The number of primary amides is 1. The van der Waals surface area contributed by atoms with Crippen LogP contribution in [0.4, 0.5) is 0 Å². The van der Waals surface area contributed by atoms with Crippen LogP contribution >= 0.6 is 0 Å². The molecule has 1 aliphatic heterocycles. The second kappa shape index (κ2) is 12.0. The maximum atomic E-state index is 13.4. The van der Waals surface area contributed by atoms with Crippen molar-refractivity contribution in [3.63, 3.8) is 0 Å². The molecule has 4 amide bonds. The highest BCUT2D eigenvalue weighted by Gasteiger charge is 2.41. The van der Waals surface area contributed by atoms with E-state index in [1.54, 1.807) is 6.92 Å². The molecule has 7 N–H and O–H groups in total. The summed E-state index contributed by atoms with van der Waals surface area (Å²) in [5.74, 6) is -2.39. The normalized spacial score (nSPS) is 21.0. The molecule has 0 aromatic rings. The van der Waals surface area contributed by atoms with E-state index in [0.29, 0.717) is 25.8 Å². The van der Waals surface area contributed by atoms with Crippen LogP contribution in [0.5, 0.6) is 0 Å². The predicted octanol–water partition coefficient (Wildman–Crippen LogP) is -1.95. The highest BCUT2D eigenvalue weighted by atomic mass is 16.3. The third-order valence-electron chi connectivity index (χ3n) is 5.53. The third kappa shape index (κ3) is 6.62. The highest BCUT2D eigenvalue weighted by Crippen LogP contribution is 2.23. The van der Waals surface area contributed by atoms with Crippen molar-refractivity contribution in [1.29, 1.82) is 0 Å². The van der Waals surface area contributed by atoms with Crippen molar-refractivity contribution in [2.75, 3.05) is 13.1 Å². The largest absolute Gasteiger partial charge is 0.391 e. The van der Waals surface area contributed by atoms with E-state index in [1.807, 2.05) is 6.92 Å². The molecule has 1 aliphatic rings. The molecule has 0 aliphatic carbocycles. The van der Waals surface area contributed by atoms with Gasteiger partial charge < -0.3 is 36.8 Å². The Kier molecular flexibility index (Phi) is 10.3. The molecule has 6 atom stereocenters. The van der Waals surface area contributed by atoms with E-state index >= 15 is 0 Å². The number of hydrogen-bond donors (Lipinski definition) is 5. The first-order valence-electron chi connectivity index (χ1n) is 10.8. The lowest BCUT2D eigenvalue weighted by atomic mass is 10.1. The minimum absolute atomic E-state index is 0.261. The van der Waals surface area contributed by atoms with Gasteiger partial charge in [0.1, 0.15) is 24.2 Å². The van der Waals surface area contributed by atoms with Gasteiger partial charge in [0, 0.05) is 13.1 Å². The lowest BCUT2D eigenvalue weighted by Crippen LogP contribution is -2.60. The molecule has 0 radical (unpaired) electrons. The zero-order chi connectivity index (χ0) is 23.9. The SMILES string of the molecule is CCCN(C(=O)[C@@H]1CCCN1C(=O)[C@@H](N)[C@@H](C)O)[C@@H](CC)C(=O)N[C@H](C(N)=O)[C@@H](C)O. The Labute approximate surface area is 183 Å². The number of carbonyl (C=O) groups is 4. The van der Waals surface area contributed by atoms with Crippen LogP contribution in [0.2, 0.25) is 0 Å². The molecule has 0 aromatic carbocycles. The van der Waals surface area contributed by atoms with E-state index in [1.165, 1.54) is 23.6 Å². The van der Waals surface area contributed by atoms with Gasteiger partial charge in [0.15, 0.2) is 0 Å². The van der Waals surface area contributed by atoms with Crippen molar-refractivity contribution in [2.45, 2.75) is 89.8 Å². The van der Waals surface area contributed by atoms with Crippen LogP contribution in [0.1, 0.15) is 53.4 Å². The number of aliphatic hydroxyl groups excluding tert-OH is 2. The summed E-state index contributed by atoms with van der Waals surface area (Å²) in [4.78, 5) is 53.3. The molecule has 0 bridgehead atoms. The van der Waals surface area contributed by atoms with Gasteiger partial charge in [0.05, 0.1) is 12.2 Å². The van der Waals surface area contributed by atoms with E-state index in [9.17, 15) is 29.4 Å². The first-order valence-corrected chi connectivity index (χ1v) is 10.8. The van der Waals surface area contributed by atoms with Gasteiger partial charge in [0.25, 0.3) is 0 Å². The lowest BCUT2D eigenvalue weighted by Gasteiger charge is -2.36. The molecule has 0 unspecified atom stereocenters. The monoisotopic (exact) mass is 443 g/mol. The van der Waals surface area contributed by atoms with Crippen LogP contribution in [-0.2, 0) is 19.2 Å². The number of nitrogens with one attached hydrogen (secondary N) is 1. The number of nitrogens with two attached hydrogens (primary N) is 2. The fourth-order valence-electron chi connectivity index (χ4n) is 3.76. The molecule has 0 aromatic heterocycles. The van der Waals surface area contributed by atoms with Gasteiger partial charge in [-0.3, -0.25) is 19.2 Å². The summed E-state index contributed by atoms with van der Waals surface area (Å²) in [5.41, 5.74) is 11.0. The third-order valence-corrected chi connectivity index (χ3v) is 5.53. The summed E-state index contributed by atoms with van der Waals surface area (Å²) in [5, 5.41) is 21.8. The molecule has 1 heterocycles. The van der Waals surface area contributed by atoms with E-state index in [2.05, 4.69) is 5.32 Å². The Morgan fingerprint density at radius 1 is 1.16 bits per heavy atom. The number of likely N-dealkylation sites (tertiary alicyclic amines) is 1. The standard InChI is InChI=1S/C20H37N5O6/c1-5-9-24(13(6-2)18(29)23-16(12(4)27)17(22)28)19(30)14-8-7-10-25(14)20(31)15(21)11(3)26/h11-16,26-27H,5-10,21H2,1-4H3,(H2,22,28)(H,23,29)/t11-,12-,13+,14+,15+,16+/m1/s1. The van der Waals surface area contributed by atoms with Crippen molar-refractivity contribution in [1.82, 2.24) is 15.1 Å². The van der Waals surface area contributed by atoms with Gasteiger partial charge in [-0.1, -0.05) is 13.8 Å². The van der Waals surface area contributed by atoms with Crippen LogP contribution < -0.4 is 16.8 Å². The summed E-state index contributed by atoms with van der Waals surface area (Å²) in [6.45, 7) is 6.93. The number of amides is 4. The molecule has 11 nitrogen and oxygen atoms in total. The first-order chi connectivity index (χ1) is 14.5. The molecule has 1 saturated heterocycles. The second-order valence-electron chi connectivity index (χ2n) is 8.04. The smallest absolute Gasteiger partial charge is 0.246 e. The van der Waals surface area contributed by atoms with Crippen LogP contribution in [0.25, 0.3) is 0 Å². The number of nitrogens with zero attached hydrogens (tertiary/aromatic N) is 2. The molecular weight excluding hydrogens is 406 g/mol. The molecule has 1 rings (SSSR count). The topological polar surface area (TPSA) is 179 Å². The Morgan fingerprint density at radius 3 is 2.23 bits per heavy atom. The quantitative estimate of drug-likeness (QED) is 0.246. The van der Waals surface area contributed by atoms with Crippen LogP contribution in [-0.4, -0.2) is 93.1 Å². The molecule has 1 fully saturated rings. The summed E-state index contributed by atoms with van der Waals surface area (Å²) >= 11 is 0. The van der Waals surface area contributed by atoms with E-state index in [0.717, 1.165) is 0 Å². The number of aliphatic hydroxyl groups is 2. The van der Waals surface area contributed by atoms with Crippen molar-refractivity contribution in [3.05, 3.63) is 0 Å². The van der Waals surface area contributed by atoms with Gasteiger partial charge in [-0.05, 0) is 39.5 Å². The predicted molar refractivity (Wildman–Crippen MR) is 113 cm³/mol. The second-order valence-corrected chi connectivity index (χ2v) is 8.04. The zero-order valence-electron chi connectivity index (χ0n) is 18.8. The Balaban J connectivity index is 3.11. The average molecular weight is 444 g/mol. The first kappa shape index (κ1) is 26.8. The van der Waals surface area contributed by atoms with Crippen molar-refractivity contribution in [2.24, 2.45) is 11.5 Å². The summed E-state index contributed by atoms with van der Waals surface area (Å²) in [7, 11) is 0. The average Bonchev–Trinajstić information content (AvgIpc) is 3.19. The van der Waals surface area contributed by atoms with Gasteiger partial charge in [-0.2, -0.15) is 0 Å². The van der Waals surface area contributed by atoms with Gasteiger partial charge >= 0.3 is 0 Å². The molecule has 31 heavy (non-hydrogen) atoms. The highest BCUT2D eigenvalue weighted by molar-refractivity contribution is 5.95. The summed E-state index contributed by atoms with van der Waals surface area (Å²) in [6.07, 6.45) is -0.401. The lowest BCUT2D eigenvalue weighted by molar-refractivity contribution is -0.150. The van der Waals surface area contributed by atoms with Gasteiger partial charge in [0.2, 0.25) is 23.6 Å². The van der Waals surface area contributed by atoms with Crippen molar-refractivity contribution < 1.29 is 29.4 Å². The maximum Gasteiger partial charge on any atom is 0.246 e. The zero-order valence-corrected chi connectivity index (χ0v) is 18.8. The summed E-state index contributed by atoms with van der Waals surface area (Å²) < 4.78 is 0. The minimum atomic E-state index is -1.28. The van der Waals surface area contributed by atoms with Crippen molar-refractivity contribution in [3.8, 4) is 0 Å². The van der Waals surface area contributed by atoms with Gasteiger partial charge in [-0.15, -0.1) is 0 Å². The molecule has 11 heteroatoms. The minimum Gasteiger partial charge on any atom is -0.391 e. The van der Waals surface area contributed by atoms with E-state index < -0.39 is 54.1 Å².